The van der Waals surface area contributed by atoms with Gasteiger partial charge in [-0.05, 0) is 61.1 Å². The second kappa shape index (κ2) is 6.50. The maximum absolute atomic E-state index is 12.1. The summed E-state index contributed by atoms with van der Waals surface area (Å²) in [6.07, 6.45) is 6.81. The van der Waals surface area contributed by atoms with Crippen molar-refractivity contribution in [3.05, 3.63) is 52.6 Å². The minimum absolute atomic E-state index is 0.0257. The highest BCUT2D eigenvalue weighted by atomic mass is 35.5. The number of benzene rings is 1. The third-order valence-electron chi connectivity index (χ3n) is 4.26. The van der Waals surface area contributed by atoms with Gasteiger partial charge in [0, 0.05) is 35.1 Å². The van der Waals surface area contributed by atoms with Crippen molar-refractivity contribution < 1.29 is 4.79 Å². The number of halogens is 1. The molecule has 0 atom stereocenters. The summed E-state index contributed by atoms with van der Waals surface area (Å²) in [7, 11) is 0. The molecule has 1 fully saturated rings. The molecule has 0 spiro atoms. The van der Waals surface area contributed by atoms with Crippen LogP contribution >= 0.6 is 11.6 Å². The summed E-state index contributed by atoms with van der Waals surface area (Å²) < 4.78 is 0. The molecule has 1 amide bonds. The molecule has 23 heavy (non-hydrogen) atoms. The molecule has 1 N–H and O–H groups in total. The Kier molecular flexibility index (Phi) is 4.44. The van der Waals surface area contributed by atoms with Gasteiger partial charge < -0.3 is 5.32 Å². The van der Waals surface area contributed by atoms with Crippen molar-refractivity contribution >= 4 is 23.1 Å². The normalized spacial score (nSPS) is 16.9. The maximum atomic E-state index is 12.1. The molecule has 1 aliphatic rings. The molecule has 1 aromatic carbocycles. The number of amides is 1. The number of carbonyl (C=O) groups is 1. The van der Waals surface area contributed by atoms with Crippen LogP contribution in [-0.4, -0.2) is 22.4 Å². The molecule has 0 bridgehead atoms. The van der Waals surface area contributed by atoms with Crippen LogP contribution in [0, 0.1) is 6.92 Å². The van der Waals surface area contributed by atoms with E-state index in [0.717, 1.165) is 52.8 Å². The molecule has 5 heteroatoms. The van der Waals surface area contributed by atoms with Crippen molar-refractivity contribution in [2.24, 2.45) is 0 Å². The van der Waals surface area contributed by atoms with Gasteiger partial charge in [-0.1, -0.05) is 11.6 Å². The van der Waals surface area contributed by atoms with Gasteiger partial charge in [0.15, 0.2) is 0 Å². The Morgan fingerprint density at radius 1 is 1.26 bits per heavy atom. The standard InChI is InChI=1S/C18H18ClN3O/c1-11(15-4-3-5-22-18(15)23)16-6-14(19)7-17(12(16)2)13-8-20-10-21-9-13/h6-10H,3-5H2,1-2H3,(H,22,23)/b15-11+. The number of piperidine rings is 1. The Bertz CT molecular complexity index is 784. The highest BCUT2D eigenvalue weighted by molar-refractivity contribution is 6.31. The number of hydrogen-bond acceptors (Lipinski definition) is 3. The average molecular weight is 328 g/mol. The zero-order valence-corrected chi connectivity index (χ0v) is 13.9. The molecule has 118 valence electrons. The van der Waals surface area contributed by atoms with E-state index in [0.29, 0.717) is 5.02 Å². The lowest BCUT2D eigenvalue weighted by atomic mass is 9.89. The molecular formula is C18H18ClN3O. The molecule has 1 aromatic heterocycles. The van der Waals surface area contributed by atoms with Crippen LogP contribution in [0.5, 0.6) is 0 Å². The smallest absolute Gasteiger partial charge is 0.247 e. The highest BCUT2D eigenvalue weighted by Gasteiger charge is 2.19. The SMILES string of the molecule is C/C(=C1/CCCNC1=O)c1cc(Cl)cc(-c2cncnc2)c1C. The number of nitrogens with zero attached hydrogens (tertiary/aromatic N) is 2. The molecule has 0 unspecified atom stereocenters. The van der Waals surface area contributed by atoms with Gasteiger partial charge in [0.2, 0.25) is 5.91 Å². The van der Waals surface area contributed by atoms with Gasteiger partial charge in [-0.3, -0.25) is 4.79 Å². The molecule has 2 heterocycles. The zero-order valence-electron chi connectivity index (χ0n) is 13.2. The van der Waals surface area contributed by atoms with Crippen molar-refractivity contribution in [3.63, 3.8) is 0 Å². The fourth-order valence-corrected chi connectivity index (χ4v) is 3.23. The number of rotatable bonds is 2. The summed E-state index contributed by atoms with van der Waals surface area (Å²) in [6.45, 7) is 4.78. The molecule has 0 aliphatic carbocycles. The predicted molar refractivity (Wildman–Crippen MR) is 92.1 cm³/mol. The lowest BCUT2D eigenvalue weighted by Crippen LogP contribution is -2.31. The minimum atomic E-state index is 0.0257. The van der Waals surface area contributed by atoms with E-state index in [1.54, 1.807) is 12.4 Å². The summed E-state index contributed by atoms with van der Waals surface area (Å²) >= 11 is 6.33. The largest absolute Gasteiger partial charge is 0.352 e. The molecule has 0 radical (unpaired) electrons. The first-order valence-corrected chi connectivity index (χ1v) is 7.99. The molecule has 3 rings (SSSR count). The Morgan fingerprint density at radius 3 is 2.70 bits per heavy atom. The van der Waals surface area contributed by atoms with Gasteiger partial charge in [-0.25, -0.2) is 9.97 Å². The van der Waals surface area contributed by atoms with Gasteiger partial charge in [0.25, 0.3) is 0 Å². The van der Waals surface area contributed by atoms with E-state index in [1.807, 2.05) is 26.0 Å². The summed E-state index contributed by atoms with van der Waals surface area (Å²) in [5.41, 5.74) is 5.82. The molecule has 1 aliphatic heterocycles. The van der Waals surface area contributed by atoms with Crippen LogP contribution in [0.3, 0.4) is 0 Å². The number of carbonyl (C=O) groups excluding carboxylic acids is 1. The third kappa shape index (κ3) is 3.13. The monoisotopic (exact) mass is 327 g/mol. The van der Waals surface area contributed by atoms with Crippen LogP contribution in [-0.2, 0) is 4.79 Å². The van der Waals surface area contributed by atoms with Crippen molar-refractivity contribution in [1.82, 2.24) is 15.3 Å². The average Bonchev–Trinajstić information content (AvgIpc) is 2.57. The van der Waals surface area contributed by atoms with E-state index in [2.05, 4.69) is 15.3 Å². The number of nitrogens with one attached hydrogen (secondary N) is 1. The van der Waals surface area contributed by atoms with Crippen molar-refractivity contribution in [1.29, 1.82) is 0 Å². The summed E-state index contributed by atoms with van der Waals surface area (Å²) in [5.74, 6) is 0.0257. The van der Waals surface area contributed by atoms with Crippen LogP contribution in [0.4, 0.5) is 0 Å². The van der Waals surface area contributed by atoms with Crippen molar-refractivity contribution in [3.8, 4) is 11.1 Å². The van der Waals surface area contributed by atoms with Crippen molar-refractivity contribution in [2.75, 3.05) is 6.54 Å². The minimum Gasteiger partial charge on any atom is -0.352 e. The van der Waals surface area contributed by atoms with E-state index in [1.165, 1.54) is 6.33 Å². The van der Waals surface area contributed by atoms with E-state index < -0.39 is 0 Å². The molecule has 0 saturated carbocycles. The Labute approximate surface area is 140 Å². The van der Waals surface area contributed by atoms with Crippen LogP contribution in [0.15, 0.2) is 36.4 Å². The van der Waals surface area contributed by atoms with Crippen LogP contribution < -0.4 is 5.32 Å². The first kappa shape index (κ1) is 15.7. The zero-order chi connectivity index (χ0) is 16.4. The predicted octanol–water partition coefficient (Wildman–Crippen LogP) is 3.79. The first-order chi connectivity index (χ1) is 11.1. The number of allylic oxidation sites excluding steroid dienone is 1. The van der Waals surface area contributed by atoms with Crippen molar-refractivity contribution in [2.45, 2.75) is 26.7 Å². The quantitative estimate of drug-likeness (QED) is 0.854. The summed E-state index contributed by atoms with van der Waals surface area (Å²) in [4.78, 5) is 20.3. The van der Waals surface area contributed by atoms with Crippen LogP contribution in [0.25, 0.3) is 16.7 Å². The van der Waals surface area contributed by atoms with Crippen LogP contribution in [0.1, 0.15) is 30.9 Å². The molecular weight excluding hydrogens is 310 g/mol. The topological polar surface area (TPSA) is 54.9 Å². The number of hydrogen-bond donors (Lipinski definition) is 1. The van der Waals surface area contributed by atoms with E-state index in [9.17, 15) is 4.79 Å². The second-order valence-electron chi connectivity index (χ2n) is 5.72. The first-order valence-electron chi connectivity index (χ1n) is 7.62. The Balaban J connectivity index is 2.15. The van der Waals surface area contributed by atoms with E-state index in [-0.39, 0.29) is 5.91 Å². The summed E-state index contributed by atoms with van der Waals surface area (Å²) in [5, 5.41) is 3.55. The van der Waals surface area contributed by atoms with Gasteiger partial charge in [-0.2, -0.15) is 0 Å². The molecule has 4 nitrogen and oxygen atoms in total. The molecule has 1 saturated heterocycles. The fourth-order valence-electron chi connectivity index (χ4n) is 3.01. The Morgan fingerprint density at radius 2 is 2.00 bits per heavy atom. The van der Waals surface area contributed by atoms with Gasteiger partial charge in [-0.15, -0.1) is 0 Å². The maximum Gasteiger partial charge on any atom is 0.247 e. The lowest BCUT2D eigenvalue weighted by Gasteiger charge is -2.20. The Hall–Kier alpha value is -2.20. The lowest BCUT2D eigenvalue weighted by molar-refractivity contribution is -0.118. The second-order valence-corrected chi connectivity index (χ2v) is 6.15. The van der Waals surface area contributed by atoms with E-state index in [4.69, 9.17) is 11.6 Å². The highest BCUT2D eigenvalue weighted by Crippen LogP contribution is 2.34. The van der Waals surface area contributed by atoms with Gasteiger partial charge >= 0.3 is 0 Å². The van der Waals surface area contributed by atoms with Gasteiger partial charge in [0.05, 0.1) is 0 Å². The number of aromatic nitrogens is 2. The summed E-state index contributed by atoms with van der Waals surface area (Å²) in [6, 6.07) is 3.84. The third-order valence-corrected chi connectivity index (χ3v) is 4.48. The molecule has 2 aromatic rings. The van der Waals surface area contributed by atoms with Crippen LogP contribution in [0.2, 0.25) is 5.02 Å². The van der Waals surface area contributed by atoms with Gasteiger partial charge in [0.1, 0.15) is 6.33 Å². The fraction of sp³-hybridized carbons (Fsp3) is 0.278. The van der Waals surface area contributed by atoms with E-state index >= 15 is 0 Å².